The molecule has 9 heteroatoms. The molecule has 0 spiro atoms. The highest BCUT2D eigenvalue weighted by molar-refractivity contribution is 6.30. The summed E-state index contributed by atoms with van der Waals surface area (Å²) in [7, 11) is 0. The lowest BCUT2D eigenvalue weighted by atomic mass is 10.0. The lowest BCUT2D eigenvalue weighted by Gasteiger charge is -2.34. The fraction of sp³-hybridized carbons (Fsp3) is 0.538. The normalized spacial score (nSPS) is 17.9. The number of hydrogen-bond donors (Lipinski definition) is 1. The van der Waals surface area contributed by atoms with E-state index in [1.54, 1.807) is 4.90 Å². The fourth-order valence-electron chi connectivity index (χ4n) is 2.39. The summed E-state index contributed by atoms with van der Waals surface area (Å²) in [6, 6.07) is 0.105. The number of hydrogen-bond acceptors (Lipinski definition) is 2. The number of alkyl halides is 4. The first-order valence-corrected chi connectivity index (χ1v) is 6.79. The van der Waals surface area contributed by atoms with Crippen molar-refractivity contribution in [1.29, 1.82) is 0 Å². The number of nitrogens with zero attached hydrogens (tertiary/aromatic N) is 1. The molecular formula is C13H15Cl2F5N2. The van der Waals surface area contributed by atoms with Crippen LogP contribution in [0, 0.1) is 5.82 Å². The highest BCUT2D eigenvalue weighted by atomic mass is 35.5. The van der Waals surface area contributed by atoms with Crippen LogP contribution in [0.25, 0.3) is 0 Å². The minimum atomic E-state index is -4.66. The van der Waals surface area contributed by atoms with Gasteiger partial charge in [-0.25, -0.2) is 8.78 Å². The van der Waals surface area contributed by atoms with Gasteiger partial charge in [-0.1, -0.05) is 11.6 Å². The zero-order valence-corrected chi connectivity index (χ0v) is 13.0. The van der Waals surface area contributed by atoms with Crippen LogP contribution >= 0.6 is 24.0 Å². The van der Waals surface area contributed by atoms with Crippen molar-refractivity contribution in [1.82, 2.24) is 10.2 Å². The summed E-state index contributed by atoms with van der Waals surface area (Å²) >= 11 is 5.54. The SMILES string of the molecule is Cl.FC[C@@H](c1cc(C(F)(F)F)cc(Cl)c1F)N1CCNCC1. The van der Waals surface area contributed by atoms with Gasteiger partial charge in [-0.05, 0) is 12.1 Å². The minimum absolute atomic E-state index is 0. The monoisotopic (exact) mass is 364 g/mol. The van der Waals surface area contributed by atoms with Gasteiger partial charge < -0.3 is 5.32 Å². The summed E-state index contributed by atoms with van der Waals surface area (Å²) in [6.07, 6.45) is -4.66. The minimum Gasteiger partial charge on any atom is -0.314 e. The number of halogens is 7. The average molecular weight is 365 g/mol. The maximum absolute atomic E-state index is 14.1. The Morgan fingerprint density at radius 1 is 1.23 bits per heavy atom. The first-order valence-electron chi connectivity index (χ1n) is 6.41. The predicted octanol–water partition coefficient (Wildman–Crippen LogP) is 3.84. The maximum atomic E-state index is 14.1. The fourth-order valence-corrected chi connectivity index (χ4v) is 2.61. The summed E-state index contributed by atoms with van der Waals surface area (Å²) in [4.78, 5) is 1.62. The van der Waals surface area contributed by atoms with E-state index in [0.29, 0.717) is 38.3 Å². The van der Waals surface area contributed by atoms with Gasteiger partial charge in [-0.3, -0.25) is 4.90 Å². The highest BCUT2D eigenvalue weighted by Gasteiger charge is 2.34. The highest BCUT2D eigenvalue weighted by Crippen LogP contribution is 2.36. The van der Waals surface area contributed by atoms with Crippen LogP contribution in [0.5, 0.6) is 0 Å². The van der Waals surface area contributed by atoms with E-state index < -0.39 is 35.3 Å². The van der Waals surface area contributed by atoms with Crippen LogP contribution in [-0.2, 0) is 6.18 Å². The molecule has 0 saturated carbocycles. The Kier molecular flexibility index (Phi) is 6.85. The molecular weight excluding hydrogens is 350 g/mol. The van der Waals surface area contributed by atoms with Crippen LogP contribution in [0.1, 0.15) is 17.2 Å². The summed E-state index contributed by atoms with van der Waals surface area (Å²) in [6.45, 7) is 1.04. The molecule has 126 valence electrons. The third-order valence-corrected chi connectivity index (χ3v) is 3.76. The van der Waals surface area contributed by atoms with Crippen molar-refractivity contribution < 1.29 is 22.0 Å². The molecule has 1 aliphatic heterocycles. The molecule has 1 N–H and O–H groups in total. The van der Waals surface area contributed by atoms with Crippen molar-refractivity contribution in [3.8, 4) is 0 Å². The van der Waals surface area contributed by atoms with Crippen LogP contribution in [0.3, 0.4) is 0 Å². The molecule has 1 atom stereocenters. The van der Waals surface area contributed by atoms with E-state index in [4.69, 9.17) is 11.6 Å². The molecule has 0 unspecified atom stereocenters. The number of benzene rings is 1. The molecule has 22 heavy (non-hydrogen) atoms. The number of piperazine rings is 1. The molecule has 1 aliphatic rings. The second-order valence-corrected chi connectivity index (χ2v) is 5.22. The Balaban J connectivity index is 0.00000242. The number of rotatable bonds is 3. The topological polar surface area (TPSA) is 15.3 Å². The Bertz CT molecular complexity index is 504. The standard InChI is InChI=1S/C13H14ClF5N2.ClH/c14-10-6-8(13(17,18)19)5-9(12(10)16)11(7-15)21-3-1-20-2-4-21;/h5-6,11,20H,1-4,7H2;1H/t11-;/m0./s1. The van der Waals surface area contributed by atoms with Crippen molar-refractivity contribution in [2.24, 2.45) is 0 Å². The molecule has 1 fully saturated rings. The summed E-state index contributed by atoms with van der Waals surface area (Å²) in [5.74, 6) is -0.995. The van der Waals surface area contributed by atoms with Gasteiger partial charge in [-0.15, -0.1) is 12.4 Å². The quantitative estimate of drug-likeness (QED) is 0.819. The van der Waals surface area contributed by atoms with Gasteiger partial charge in [0.2, 0.25) is 0 Å². The largest absolute Gasteiger partial charge is 0.416 e. The second-order valence-electron chi connectivity index (χ2n) is 4.82. The first-order chi connectivity index (χ1) is 9.84. The van der Waals surface area contributed by atoms with E-state index in [0.717, 1.165) is 0 Å². The van der Waals surface area contributed by atoms with Crippen LogP contribution < -0.4 is 5.32 Å². The molecule has 1 aromatic carbocycles. The Morgan fingerprint density at radius 2 is 1.82 bits per heavy atom. The number of nitrogens with one attached hydrogen (secondary N) is 1. The van der Waals surface area contributed by atoms with Crippen molar-refractivity contribution in [2.75, 3.05) is 32.9 Å². The lowest BCUT2D eigenvalue weighted by molar-refractivity contribution is -0.137. The molecule has 0 aliphatic carbocycles. The Morgan fingerprint density at radius 3 is 2.32 bits per heavy atom. The third-order valence-electron chi connectivity index (χ3n) is 3.48. The molecule has 0 aromatic heterocycles. The van der Waals surface area contributed by atoms with E-state index >= 15 is 0 Å². The zero-order chi connectivity index (χ0) is 15.6. The molecule has 0 bridgehead atoms. The van der Waals surface area contributed by atoms with Gasteiger partial charge in [0.1, 0.15) is 12.5 Å². The van der Waals surface area contributed by atoms with E-state index in [1.165, 1.54) is 0 Å². The predicted molar refractivity (Wildman–Crippen MR) is 76.8 cm³/mol. The molecule has 2 rings (SSSR count). The summed E-state index contributed by atoms with van der Waals surface area (Å²) in [5, 5.41) is 2.40. The van der Waals surface area contributed by atoms with Gasteiger partial charge >= 0.3 is 6.18 Å². The third kappa shape index (κ3) is 4.22. The van der Waals surface area contributed by atoms with E-state index in [9.17, 15) is 22.0 Å². The zero-order valence-electron chi connectivity index (χ0n) is 11.4. The van der Waals surface area contributed by atoms with Crippen LogP contribution in [0.2, 0.25) is 5.02 Å². The smallest absolute Gasteiger partial charge is 0.314 e. The molecule has 0 radical (unpaired) electrons. The van der Waals surface area contributed by atoms with Crippen molar-refractivity contribution in [3.63, 3.8) is 0 Å². The van der Waals surface area contributed by atoms with Gasteiger partial charge in [0.15, 0.2) is 0 Å². The van der Waals surface area contributed by atoms with E-state index in [-0.39, 0.29) is 18.0 Å². The Labute approximate surface area is 136 Å². The van der Waals surface area contributed by atoms with Gasteiger partial charge in [0.05, 0.1) is 16.6 Å². The molecule has 0 amide bonds. The van der Waals surface area contributed by atoms with Gasteiger partial charge in [-0.2, -0.15) is 13.2 Å². The van der Waals surface area contributed by atoms with Gasteiger partial charge in [0.25, 0.3) is 0 Å². The molecule has 1 heterocycles. The molecule has 1 aromatic rings. The van der Waals surface area contributed by atoms with Crippen molar-refractivity contribution in [3.05, 3.63) is 34.1 Å². The molecule has 1 saturated heterocycles. The van der Waals surface area contributed by atoms with Crippen LogP contribution in [-0.4, -0.2) is 37.8 Å². The summed E-state index contributed by atoms with van der Waals surface area (Å²) < 4.78 is 65.7. The molecule has 2 nitrogen and oxygen atoms in total. The summed E-state index contributed by atoms with van der Waals surface area (Å²) in [5.41, 5.74) is -1.42. The van der Waals surface area contributed by atoms with Crippen LogP contribution in [0.4, 0.5) is 22.0 Å². The van der Waals surface area contributed by atoms with Crippen molar-refractivity contribution >= 4 is 24.0 Å². The lowest BCUT2D eigenvalue weighted by Crippen LogP contribution is -2.46. The van der Waals surface area contributed by atoms with E-state index in [2.05, 4.69) is 5.32 Å². The maximum Gasteiger partial charge on any atom is 0.416 e. The van der Waals surface area contributed by atoms with Gasteiger partial charge in [0, 0.05) is 31.7 Å². The van der Waals surface area contributed by atoms with Crippen LogP contribution in [0.15, 0.2) is 12.1 Å². The second kappa shape index (κ2) is 7.77. The van der Waals surface area contributed by atoms with E-state index in [1.807, 2.05) is 0 Å². The van der Waals surface area contributed by atoms with Crippen molar-refractivity contribution in [2.45, 2.75) is 12.2 Å². The Hall–Kier alpha value is -0.630. The average Bonchev–Trinajstić information content (AvgIpc) is 2.44. The first kappa shape index (κ1) is 19.4.